The van der Waals surface area contributed by atoms with E-state index >= 15 is 0 Å². The summed E-state index contributed by atoms with van der Waals surface area (Å²) in [4.78, 5) is 0. The molecule has 11 rings (SSSR count). The molecule has 0 heterocycles. The molecule has 0 aliphatic rings. The molecule has 52 heavy (non-hydrogen) atoms. The fourth-order valence-corrected chi connectivity index (χ4v) is 8.85. The van der Waals surface area contributed by atoms with Crippen molar-refractivity contribution < 1.29 is 0 Å². The summed E-state index contributed by atoms with van der Waals surface area (Å²) in [6.07, 6.45) is 0. The molecule has 0 N–H and O–H groups in total. The van der Waals surface area contributed by atoms with Crippen molar-refractivity contribution in [3.05, 3.63) is 194 Å². The lowest BCUT2D eigenvalue weighted by molar-refractivity contribution is 1.66. The van der Waals surface area contributed by atoms with E-state index in [1.165, 1.54) is 109 Å². The largest absolute Gasteiger partial charge is 0.0622 e. The van der Waals surface area contributed by atoms with Crippen LogP contribution in [0.1, 0.15) is 0 Å². The van der Waals surface area contributed by atoms with E-state index in [4.69, 9.17) is 0 Å². The zero-order valence-corrected chi connectivity index (χ0v) is 28.5. The molecular weight excluding hydrogens is 625 g/mol. The van der Waals surface area contributed by atoms with Crippen LogP contribution in [0.15, 0.2) is 194 Å². The van der Waals surface area contributed by atoms with Crippen LogP contribution < -0.4 is 0 Å². The highest BCUT2D eigenvalue weighted by Crippen LogP contribution is 2.46. The lowest BCUT2D eigenvalue weighted by Crippen LogP contribution is -1.92. The van der Waals surface area contributed by atoms with E-state index in [1.807, 2.05) is 0 Å². The van der Waals surface area contributed by atoms with Crippen LogP contribution in [0.25, 0.3) is 109 Å². The third-order valence-electron chi connectivity index (χ3n) is 11.2. The Hall–Kier alpha value is -6.76. The number of benzene rings is 11. The van der Waals surface area contributed by atoms with Crippen LogP contribution >= 0.6 is 0 Å². The fraction of sp³-hybridized carbons (Fsp3) is 0. The average Bonchev–Trinajstić information content (AvgIpc) is 3.22. The first-order valence-corrected chi connectivity index (χ1v) is 18.1. The summed E-state index contributed by atoms with van der Waals surface area (Å²) in [5, 5.41) is 17.9. The molecule has 0 saturated carbocycles. The molecule has 0 unspecified atom stereocenters. The second-order valence-corrected chi connectivity index (χ2v) is 14.0. The van der Waals surface area contributed by atoms with Gasteiger partial charge >= 0.3 is 0 Å². The number of hydrogen-bond acceptors (Lipinski definition) is 0. The van der Waals surface area contributed by atoms with Gasteiger partial charge in [0.25, 0.3) is 0 Å². The Balaban J connectivity index is 1.19. The van der Waals surface area contributed by atoms with Crippen molar-refractivity contribution in [1.29, 1.82) is 0 Å². The van der Waals surface area contributed by atoms with Gasteiger partial charge in [0.15, 0.2) is 0 Å². The maximum atomic E-state index is 2.43. The minimum absolute atomic E-state index is 1.24. The van der Waals surface area contributed by atoms with Gasteiger partial charge in [-0.2, -0.15) is 0 Å². The van der Waals surface area contributed by atoms with Crippen molar-refractivity contribution >= 4 is 75.4 Å². The fourth-order valence-electron chi connectivity index (χ4n) is 8.85. The smallest absolute Gasteiger partial charge is 0.00261 e. The number of rotatable bonds is 3. The highest BCUT2D eigenvalue weighted by atomic mass is 14.2. The molecular formula is C52H32. The predicted octanol–water partition coefficient (Wildman–Crippen LogP) is 14.8. The first-order valence-electron chi connectivity index (χ1n) is 18.1. The Morgan fingerprint density at radius 3 is 1.29 bits per heavy atom. The molecule has 0 atom stereocenters. The van der Waals surface area contributed by atoms with Gasteiger partial charge in [0.1, 0.15) is 0 Å². The Kier molecular flexibility index (Phi) is 6.35. The maximum Gasteiger partial charge on any atom is -0.00261 e. The standard InChI is InChI=1S/C52H32/c1-2-12-33(13-3-1)47-30-37-27-29-38(31-48(37)42-17-7-6-16-41(42)47)51-43-18-8-10-20-45(43)52(46-21-11-9-19-44(46)51)39-28-24-35-23-26-36-25-22-34-14-4-5-15-40(34)50(36)49(35)32-39/h1-32H. The van der Waals surface area contributed by atoms with Gasteiger partial charge in [0.2, 0.25) is 0 Å². The van der Waals surface area contributed by atoms with Crippen LogP contribution in [0.3, 0.4) is 0 Å². The molecule has 0 heteroatoms. The van der Waals surface area contributed by atoms with E-state index < -0.39 is 0 Å². The molecule has 0 saturated heterocycles. The maximum absolute atomic E-state index is 2.43. The number of fused-ring (bicyclic) bond motifs is 10. The lowest BCUT2D eigenvalue weighted by Gasteiger charge is -2.19. The Morgan fingerprint density at radius 1 is 0.212 bits per heavy atom. The summed E-state index contributed by atoms with van der Waals surface area (Å²) in [5.74, 6) is 0. The highest BCUT2D eigenvalue weighted by molar-refractivity contribution is 6.25. The molecule has 0 radical (unpaired) electrons. The van der Waals surface area contributed by atoms with Crippen molar-refractivity contribution in [2.24, 2.45) is 0 Å². The molecule has 0 aliphatic heterocycles. The third kappa shape index (κ3) is 4.35. The van der Waals surface area contributed by atoms with Gasteiger partial charge in [0.05, 0.1) is 0 Å². The second-order valence-electron chi connectivity index (χ2n) is 14.0. The first kappa shape index (κ1) is 29.0. The summed E-state index contributed by atoms with van der Waals surface area (Å²) in [7, 11) is 0. The van der Waals surface area contributed by atoms with Crippen molar-refractivity contribution in [3.63, 3.8) is 0 Å². The van der Waals surface area contributed by atoms with Crippen LogP contribution in [-0.4, -0.2) is 0 Å². The third-order valence-corrected chi connectivity index (χ3v) is 11.2. The summed E-state index contributed by atoms with van der Waals surface area (Å²) in [5.41, 5.74) is 7.56. The van der Waals surface area contributed by atoms with Crippen molar-refractivity contribution in [2.45, 2.75) is 0 Å². The van der Waals surface area contributed by atoms with Crippen LogP contribution in [-0.2, 0) is 0 Å². The van der Waals surface area contributed by atoms with Gasteiger partial charge in [-0.1, -0.05) is 176 Å². The lowest BCUT2D eigenvalue weighted by atomic mass is 9.84. The Morgan fingerprint density at radius 2 is 0.654 bits per heavy atom. The van der Waals surface area contributed by atoms with E-state index in [9.17, 15) is 0 Å². The summed E-state index contributed by atoms with van der Waals surface area (Å²) in [6, 6.07) is 71.9. The number of hydrogen-bond donors (Lipinski definition) is 0. The van der Waals surface area contributed by atoms with Crippen LogP contribution in [0.2, 0.25) is 0 Å². The van der Waals surface area contributed by atoms with Crippen molar-refractivity contribution in [3.8, 4) is 33.4 Å². The van der Waals surface area contributed by atoms with Crippen LogP contribution in [0.4, 0.5) is 0 Å². The van der Waals surface area contributed by atoms with E-state index in [0.717, 1.165) is 0 Å². The molecule has 0 bridgehead atoms. The SMILES string of the molecule is c1ccc(-c2cc3ccc(-c4c5ccccc5c(-c5ccc6ccc7ccc8ccccc8c7c6c5)c5ccccc45)cc3c3ccccc23)cc1. The summed E-state index contributed by atoms with van der Waals surface area (Å²) in [6.45, 7) is 0. The van der Waals surface area contributed by atoms with E-state index in [0.29, 0.717) is 0 Å². The van der Waals surface area contributed by atoms with Gasteiger partial charge in [0, 0.05) is 0 Å². The minimum atomic E-state index is 1.24. The molecule has 0 amide bonds. The van der Waals surface area contributed by atoms with Crippen molar-refractivity contribution in [2.75, 3.05) is 0 Å². The van der Waals surface area contributed by atoms with Gasteiger partial charge in [-0.05, 0) is 127 Å². The molecule has 11 aromatic carbocycles. The Bertz CT molecular complexity index is 3160. The molecule has 0 aliphatic carbocycles. The monoisotopic (exact) mass is 656 g/mol. The van der Waals surface area contributed by atoms with Gasteiger partial charge < -0.3 is 0 Å². The van der Waals surface area contributed by atoms with E-state index in [1.54, 1.807) is 0 Å². The van der Waals surface area contributed by atoms with Gasteiger partial charge in [-0.15, -0.1) is 0 Å². The van der Waals surface area contributed by atoms with E-state index in [2.05, 4.69) is 194 Å². The molecule has 0 aromatic heterocycles. The van der Waals surface area contributed by atoms with Gasteiger partial charge in [-0.3, -0.25) is 0 Å². The molecule has 11 aromatic rings. The van der Waals surface area contributed by atoms with E-state index in [-0.39, 0.29) is 0 Å². The minimum Gasteiger partial charge on any atom is -0.0622 e. The molecule has 240 valence electrons. The van der Waals surface area contributed by atoms with Crippen LogP contribution in [0.5, 0.6) is 0 Å². The molecule has 0 nitrogen and oxygen atoms in total. The average molecular weight is 657 g/mol. The summed E-state index contributed by atoms with van der Waals surface area (Å²) >= 11 is 0. The quantitative estimate of drug-likeness (QED) is 0.131. The Labute approximate surface area is 301 Å². The zero-order valence-electron chi connectivity index (χ0n) is 28.5. The molecule has 0 fully saturated rings. The van der Waals surface area contributed by atoms with Gasteiger partial charge in [-0.25, -0.2) is 0 Å². The summed E-state index contributed by atoms with van der Waals surface area (Å²) < 4.78 is 0. The molecule has 0 spiro atoms. The first-order chi connectivity index (χ1) is 25.8. The highest BCUT2D eigenvalue weighted by Gasteiger charge is 2.18. The normalized spacial score (nSPS) is 11.8. The topological polar surface area (TPSA) is 0 Å². The van der Waals surface area contributed by atoms with Crippen molar-refractivity contribution in [1.82, 2.24) is 0 Å². The van der Waals surface area contributed by atoms with Crippen LogP contribution in [0, 0.1) is 0 Å². The zero-order chi connectivity index (χ0) is 34.2. The second kappa shape index (κ2) is 11.4. The predicted molar refractivity (Wildman–Crippen MR) is 225 cm³/mol.